The van der Waals surface area contributed by atoms with Crippen LogP contribution in [0.3, 0.4) is 0 Å². The number of benzene rings is 1. The maximum Gasteiger partial charge on any atom is 0.332 e. The summed E-state index contributed by atoms with van der Waals surface area (Å²) in [6, 6.07) is 6.62. The molecule has 3 aromatic rings. The van der Waals surface area contributed by atoms with E-state index in [9.17, 15) is 14.4 Å². The molecule has 1 amide bonds. The van der Waals surface area contributed by atoms with Crippen LogP contribution in [0.1, 0.15) is 22.8 Å². The van der Waals surface area contributed by atoms with Crippen LogP contribution in [0.5, 0.6) is 0 Å². The van der Waals surface area contributed by atoms with Crippen molar-refractivity contribution in [3.8, 4) is 0 Å². The molecule has 134 valence electrons. The number of carbonyl (C=O) groups is 1. The summed E-state index contributed by atoms with van der Waals surface area (Å²) in [6.07, 6.45) is 2.30. The number of pyridine rings is 1. The van der Waals surface area contributed by atoms with Crippen molar-refractivity contribution in [1.82, 2.24) is 14.1 Å². The van der Waals surface area contributed by atoms with Gasteiger partial charge in [-0.15, -0.1) is 0 Å². The van der Waals surface area contributed by atoms with Crippen molar-refractivity contribution in [2.45, 2.75) is 13.3 Å². The lowest BCUT2D eigenvalue weighted by atomic mass is 10.1. The zero-order valence-corrected chi connectivity index (χ0v) is 14.7. The van der Waals surface area contributed by atoms with Gasteiger partial charge in [0.2, 0.25) is 5.91 Å². The molecular formula is C18H19N5O3. The highest BCUT2D eigenvalue weighted by Gasteiger charge is 2.17. The molecule has 1 aromatic carbocycles. The first-order chi connectivity index (χ1) is 12.3. The van der Waals surface area contributed by atoms with E-state index in [2.05, 4.69) is 10.3 Å². The third kappa shape index (κ3) is 2.75. The third-order valence-electron chi connectivity index (χ3n) is 4.37. The third-order valence-corrected chi connectivity index (χ3v) is 4.37. The Hall–Kier alpha value is -3.42. The molecule has 0 saturated carbocycles. The number of aromatic nitrogens is 3. The van der Waals surface area contributed by atoms with Gasteiger partial charge in [0.25, 0.3) is 5.56 Å². The van der Waals surface area contributed by atoms with Crippen molar-refractivity contribution in [3.05, 3.63) is 62.4 Å². The molecule has 0 aliphatic heterocycles. The standard InChI is InChI=1S/C18H19N5O3/c1-4-10-9-20-16-13(17(25)23(3)18(26)22(16)2)14(10)21-12-7-5-11(6-8-12)15(19)24/h5-9H,4H2,1-3H3,(H2,19,24)(H,20,21). The zero-order chi connectivity index (χ0) is 19.0. The fourth-order valence-corrected chi connectivity index (χ4v) is 2.84. The van der Waals surface area contributed by atoms with Crippen molar-refractivity contribution in [2.24, 2.45) is 19.8 Å². The highest BCUT2D eigenvalue weighted by molar-refractivity contribution is 5.94. The molecule has 3 N–H and O–H groups in total. The van der Waals surface area contributed by atoms with E-state index in [-0.39, 0.29) is 0 Å². The van der Waals surface area contributed by atoms with E-state index in [1.807, 2.05) is 6.92 Å². The van der Waals surface area contributed by atoms with E-state index in [0.29, 0.717) is 34.4 Å². The molecular weight excluding hydrogens is 334 g/mol. The summed E-state index contributed by atoms with van der Waals surface area (Å²) in [4.78, 5) is 40.4. The van der Waals surface area contributed by atoms with Crippen molar-refractivity contribution < 1.29 is 4.79 Å². The van der Waals surface area contributed by atoms with Gasteiger partial charge < -0.3 is 11.1 Å². The van der Waals surface area contributed by atoms with Gasteiger partial charge in [-0.25, -0.2) is 9.78 Å². The molecule has 2 heterocycles. The first kappa shape index (κ1) is 17.4. The monoisotopic (exact) mass is 353 g/mol. The van der Waals surface area contributed by atoms with E-state index in [4.69, 9.17) is 5.73 Å². The number of nitrogens with zero attached hydrogens (tertiary/aromatic N) is 3. The Morgan fingerprint density at radius 2 is 1.81 bits per heavy atom. The Bertz CT molecular complexity index is 1130. The van der Waals surface area contributed by atoms with Gasteiger partial charge in [-0.3, -0.25) is 18.7 Å². The Morgan fingerprint density at radius 3 is 2.38 bits per heavy atom. The number of hydrogen-bond donors (Lipinski definition) is 2. The second kappa shape index (κ2) is 6.47. The normalized spacial score (nSPS) is 10.9. The number of nitrogens with one attached hydrogen (secondary N) is 1. The lowest BCUT2D eigenvalue weighted by molar-refractivity contribution is 0.100. The van der Waals surface area contributed by atoms with Crippen molar-refractivity contribution in [2.75, 3.05) is 5.32 Å². The summed E-state index contributed by atoms with van der Waals surface area (Å²) >= 11 is 0. The van der Waals surface area contributed by atoms with Gasteiger partial charge in [-0.2, -0.15) is 0 Å². The predicted octanol–water partition coefficient (Wildman–Crippen LogP) is 1.04. The summed E-state index contributed by atoms with van der Waals surface area (Å²) < 4.78 is 2.41. The number of amides is 1. The summed E-state index contributed by atoms with van der Waals surface area (Å²) in [5.74, 6) is -0.510. The Balaban J connectivity index is 2.25. The maximum absolute atomic E-state index is 12.7. The van der Waals surface area contributed by atoms with Gasteiger partial charge in [-0.05, 0) is 36.2 Å². The molecule has 0 bridgehead atoms. The van der Waals surface area contributed by atoms with Gasteiger partial charge in [0.15, 0.2) is 5.65 Å². The number of carbonyl (C=O) groups excluding carboxylic acids is 1. The SMILES string of the molecule is CCc1cnc2c(c1Nc1ccc(C(N)=O)cc1)c(=O)n(C)c(=O)n2C. The lowest BCUT2D eigenvalue weighted by Crippen LogP contribution is -2.37. The van der Waals surface area contributed by atoms with Crippen LogP contribution >= 0.6 is 0 Å². The van der Waals surface area contributed by atoms with Crippen molar-refractivity contribution in [3.63, 3.8) is 0 Å². The average Bonchev–Trinajstić information content (AvgIpc) is 2.64. The van der Waals surface area contributed by atoms with Crippen LogP contribution in [0.15, 0.2) is 40.1 Å². The molecule has 0 atom stereocenters. The summed E-state index contributed by atoms with van der Waals surface area (Å²) in [7, 11) is 3.02. The Kier molecular flexibility index (Phi) is 4.33. The van der Waals surface area contributed by atoms with E-state index in [0.717, 1.165) is 10.1 Å². The van der Waals surface area contributed by atoms with Crippen LogP contribution in [0.25, 0.3) is 11.0 Å². The highest BCUT2D eigenvalue weighted by atomic mass is 16.2. The van der Waals surface area contributed by atoms with E-state index in [1.165, 1.54) is 11.6 Å². The van der Waals surface area contributed by atoms with Gasteiger partial charge >= 0.3 is 5.69 Å². The van der Waals surface area contributed by atoms with Crippen LogP contribution in [0.2, 0.25) is 0 Å². The number of nitrogens with two attached hydrogens (primary N) is 1. The van der Waals surface area contributed by atoms with Crippen molar-refractivity contribution in [1.29, 1.82) is 0 Å². The Morgan fingerprint density at radius 1 is 1.15 bits per heavy atom. The minimum Gasteiger partial charge on any atom is -0.366 e. The van der Waals surface area contributed by atoms with Gasteiger partial charge in [0, 0.05) is 31.5 Å². The van der Waals surface area contributed by atoms with Crippen LogP contribution in [-0.2, 0) is 20.5 Å². The summed E-state index contributed by atoms with van der Waals surface area (Å²) in [6.45, 7) is 1.96. The van der Waals surface area contributed by atoms with Gasteiger partial charge in [-0.1, -0.05) is 6.92 Å². The number of fused-ring (bicyclic) bond motifs is 1. The lowest BCUT2D eigenvalue weighted by Gasteiger charge is -2.15. The molecule has 0 aliphatic rings. The number of rotatable bonds is 4. The van der Waals surface area contributed by atoms with Crippen LogP contribution in [-0.4, -0.2) is 20.0 Å². The van der Waals surface area contributed by atoms with Gasteiger partial charge in [0.1, 0.15) is 5.39 Å². The molecule has 26 heavy (non-hydrogen) atoms. The van der Waals surface area contributed by atoms with E-state index >= 15 is 0 Å². The number of hydrogen-bond acceptors (Lipinski definition) is 5. The molecule has 0 fully saturated rings. The second-order valence-corrected chi connectivity index (χ2v) is 5.98. The number of anilines is 2. The molecule has 0 saturated heterocycles. The van der Waals surface area contributed by atoms with Crippen LogP contribution < -0.4 is 22.3 Å². The minimum atomic E-state index is -0.510. The van der Waals surface area contributed by atoms with E-state index in [1.54, 1.807) is 37.5 Å². The highest BCUT2D eigenvalue weighted by Crippen LogP contribution is 2.27. The topological polar surface area (TPSA) is 112 Å². The number of primary amides is 1. The molecule has 3 rings (SSSR count). The average molecular weight is 353 g/mol. The fraction of sp³-hybridized carbons (Fsp3) is 0.222. The van der Waals surface area contributed by atoms with Crippen LogP contribution in [0, 0.1) is 0 Å². The predicted molar refractivity (Wildman–Crippen MR) is 99.8 cm³/mol. The molecule has 0 radical (unpaired) electrons. The molecule has 0 unspecified atom stereocenters. The molecule has 0 spiro atoms. The van der Waals surface area contributed by atoms with Gasteiger partial charge in [0.05, 0.1) is 5.69 Å². The first-order valence-electron chi connectivity index (χ1n) is 8.09. The largest absolute Gasteiger partial charge is 0.366 e. The summed E-state index contributed by atoms with van der Waals surface area (Å²) in [5.41, 5.74) is 7.24. The van der Waals surface area contributed by atoms with Crippen LogP contribution in [0.4, 0.5) is 11.4 Å². The summed E-state index contributed by atoms with van der Waals surface area (Å²) in [5, 5.41) is 3.57. The minimum absolute atomic E-state index is 0.312. The quantitative estimate of drug-likeness (QED) is 0.728. The number of aryl methyl sites for hydroxylation is 2. The smallest absolute Gasteiger partial charge is 0.332 e. The molecule has 0 aliphatic carbocycles. The molecule has 8 nitrogen and oxygen atoms in total. The zero-order valence-electron chi connectivity index (χ0n) is 14.7. The maximum atomic E-state index is 12.7. The molecule has 2 aromatic heterocycles. The second-order valence-electron chi connectivity index (χ2n) is 5.98. The first-order valence-corrected chi connectivity index (χ1v) is 8.09. The van der Waals surface area contributed by atoms with E-state index < -0.39 is 17.2 Å². The Labute approximate surface area is 148 Å². The molecule has 8 heteroatoms. The van der Waals surface area contributed by atoms with Crippen molar-refractivity contribution >= 4 is 28.3 Å². The fourth-order valence-electron chi connectivity index (χ4n) is 2.84.